The molecule has 0 rings (SSSR count). The van der Waals surface area contributed by atoms with Crippen molar-refractivity contribution in [3.8, 4) is 0 Å². The van der Waals surface area contributed by atoms with Crippen LogP contribution in [0.15, 0.2) is 12.2 Å². The summed E-state index contributed by atoms with van der Waals surface area (Å²) in [7, 11) is 2.83. The van der Waals surface area contributed by atoms with Crippen molar-refractivity contribution in [1.29, 1.82) is 0 Å². The Hall–Kier alpha value is -1.32. The molecule has 0 aliphatic carbocycles. The van der Waals surface area contributed by atoms with Crippen LogP contribution in [0.25, 0.3) is 0 Å². The number of methoxy groups -OCH3 is 1. The van der Waals surface area contributed by atoms with Gasteiger partial charge in [-0.1, -0.05) is 6.58 Å². The van der Waals surface area contributed by atoms with Crippen LogP contribution >= 0.6 is 0 Å². The number of esters is 1. The third-order valence-electron chi connectivity index (χ3n) is 1.41. The van der Waals surface area contributed by atoms with E-state index >= 15 is 0 Å². The first-order valence-corrected chi connectivity index (χ1v) is 3.58. The first kappa shape index (κ1) is 10.7. The lowest BCUT2D eigenvalue weighted by Crippen LogP contribution is -2.18. The van der Waals surface area contributed by atoms with Gasteiger partial charge in [0.2, 0.25) is 5.91 Å². The maximum absolute atomic E-state index is 10.8. The monoisotopic (exact) mass is 171 g/mol. The molecule has 0 aromatic rings. The van der Waals surface area contributed by atoms with E-state index in [1.165, 1.54) is 7.11 Å². The molecule has 0 aromatic heterocycles. The lowest BCUT2D eigenvalue weighted by molar-refractivity contribution is -0.136. The van der Waals surface area contributed by atoms with Gasteiger partial charge in [-0.2, -0.15) is 0 Å². The number of amides is 1. The summed E-state index contributed by atoms with van der Waals surface area (Å²) in [5.74, 6) is -0.570. The molecule has 0 fully saturated rings. The number of carbonyl (C=O) groups excluding carboxylic acids is 2. The summed E-state index contributed by atoms with van der Waals surface area (Å²) >= 11 is 0. The Labute approximate surface area is 71.6 Å². The minimum Gasteiger partial charge on any atom is -0.466 e. The molecule has 0 aliphatic heterocycles. The summed E-state index contributed by atoms with van der Waals surface area (Å²) in [6, 6.07) is 0. The summed E-state index contributed by atoms with van der Waals surface area (Å²) in [5, 5.41) is 2.45. The van der Waals surface area contributed by atoms with E-state index in [1.54, 1.807) is 7.05 Å². The Kier molecular flexibility index (Phi) is 4.76. The van der Waals surface area contributed by atoms with Gasteiger partial charge in [0.1, 0.15) is 0 Å². The molecule has 0 spiro atoms. The molecule has 12 heavy (non-hydrogen) atoms. The van der Waals surface area contributed by atoms with Crippen LogP contribution in [0, 0.1) is 0 Å². The van der Waals surface area contributed by atoms with Gasteiger partial charge >= 0.3 is 5.97 Å². The Bertz CT molecular complexity index is 198. The van der Waals surface area contributed by atoms with Crippen LogP contribution in [0.4, 0.5) is 0 Å². The number of hydrogen-bond donors (Lipinski definition) is 1. The average Bonchev–Trinajstić information content (AvgIpc) is 2.11. The number of hydrogen-bond acceptors (Lipinski definition) is 3. The summed E-state index contributed by atoms with van der Waals surface area (Å²) in [6.07, 6.45) is 0.608. The first-order chi connectivity index (χ1) is 5.61. The van der Waals surface area contributed by atoms with E-state index in [2.05, 4.69) is 16.6 Å². The van der Waals surface area contributed by atoms with E-state index in [0.29, 0.717) is 12.0 Å². The molecule has 4 nitrogen and oxygen atoms in total. The summed E-state index contributed by atoms with van der Waals surface area (Å²) in [4.78, 5) is 21.5. The van der Waals surface area contributed by atoms with E-state index in [4.69, 9.17) is 0 Å². The van der Waals surface area contributed by atoms with Gasteiger partial charge in [0.05, 0.1) is 7.11 Å². The number of carbonyl (C=O) groups is 2. The predicted octanol–water partition coefficient (Wildman–Crippen LogP) is 0.242. The lowest BCUT2D eigenvalue weighted by Gasteiger charge is -2.01. The minimum atomic E-state index is -0.459. The van der Waals surface area contributed by atoms with Crippen LogP contribution in [0.3, 0.4) is 0 Å². The predicted molar refractivity (Wildman–Crippen MR) is 44.5 cm³/mol. The van der Waals surface area contributed by atoms with Crippen molar-refractivity contribution in [2.45, 2.75) is 12.8 Å². The van der Waals surface area contributed by atoms with Crippen LogP contribution in [0.2, 0.25) is 0 Å². The second kappa shape index (κ2) is 5.35. The van der Waals surface area contributed by atoms with Crippen LogP contribution in [0.1, 0.15) is 12.8 Å². The maximum Gasteiger partial charge on any atom is 0.333 e. The van der Waals surface area contributed by atoms with Gasteiger partial charge in [0.15, 0.2) is 0 Å². The Balaban J connectivity index is 3.72. The van der Waals surface area contributed by atoms with Crippen molar-refractivity contribution >= 4 is 11.9 Å². The smallest absolute Gasteiger partial charge is 0.333 e. The largest absolute Gasteiger partial charge is 0.466 e. The van der Waals surface area contributed by atoms with Gasteiger partial charge in [-0.3, -0.25) is 4.79 Å². The van der Waals surface area contributed by atoms with Gasteiger partial charge in [-0.05, 0) is 6.42 Å². The van der Waals surface area contributed by atoms with Gasteiger partial charge in [0, 0.05) is 19.0 Å². The van der Waals surface area contributed by atoms with Gasteiger partial charge < -0.3 is 10.1 Å². The molecule has 1 amide bonds. The van der Waals surface area contributed by atoms with Crippen LogP contribution in [-0.4, -0.2) is 26.0 Å². The molecule has 0 saturated carbocycles. The summed E-state index contributed by atoms with van der Waals surface area (Å²) in [5.41, 5.74) is 0.320. The third-order valence-corrected chi connectivity index (χ3v) is 1.41. The zero-order valence-electron chi connectivity index (χ0n) is 7.35. The molecular weight excluding hydrogens is 158 g/mol. The van der Waals surface area contributed by atoms with E-state index in [9.17, 15) is 9.59 Å². The van der Waals surface area contributed by atoms with Crippen molar-refractivity contribution in [3.05, 3.63) is 12.2 Å². The second-order valence-corrected chi connectivity index (χ2v) is 2.27. The minimum absolute atomic E-state index is 0.111. The number of ether oxygens (including phenoxy) is 1. The second-order valence-electron chi connectivity index (χ2n) is 2.27. The standard InChI is InChI=1S/C8H13NO3/c1-6(8(11)12-3)4-5-7(10)9-2/h1,4-5H2,2-3H3,(H,9,10). The molecule has 0 atom stereocenters. The highest BCUT2D eigenvalue weighted by Crippen LogP contribution is 2.03. The van der Waals surface area contributed by atoms with Crippen LogP contribution in [-0.2, 0) is 14.3 Å². The van der Waals surface area contributed by atoms with Crippen molar-refractivity contribution in [2.24, 2.45) is 0 Å². The number of rotatable bonds is 4. The van der Waals surface area contributed by atoms with E-state index in [1.807, 2.05) is 0 Å². The van der Waals surface area contributed by atoms with E-state index in [0.717, 1.165) is 0 Å². The molecular formula is C8H13NO3. The van der Waals surface area contributed by atoms with Crippen molar-refractivity contribution in [3.63, 3.8) is 0 Å². The van der Waals surface area contributed by atoms with Crippen molar-refractivity contribution in [1.82, 2.24) is 5.32 Å². The maximum atomic E-state index is 10.8. The zero-order valence-corrected chi connectivity index (χ0v) is 7.35. The molecule has 4 heteroatoms. The Morgan fingerprint density at radius 1 is 1.42 bits per heavy atom. The number of nitrogens with one attached hydrogen (secondary N) is 1. The topological polar surface area (TPSA) is 55.4 Å². The fourth-order valence-corrected chi connectivity index (χ4v) is 0.636. The fourth-order valence-electron chi connectivity index (χ4n) is 0.636. The first-order valence-electron chi connectivity index (χ1n) is 3.58. The molecule has 0 bridgehead atoms. The van der Waals surface area contributed by atoms with Crippen molar-refractivity contribution in [2.75, 3.05) is 14.2 Å². The molecule has 0 radical (unpaired) electrons. The Morgan fingerprint density at radius 3 is 2.42 bits per heavy atom. The zero-order chi connectivity index (χ0) is 9.56. The third kappa shape index (κ3) is 3.75. The highest BCUT2D eigenvalue weighted by Gasteiger charge is 2.07. The normalized spacial score (nSPS) is 8.83. The van der Waals surface area contributed by atoms with Crippen molar-refractivity contribution < 1.29 is 14.3 Å². The van der Waals surface area contributed by atoms with E-state index in [-0.39, 0.29) is 12.3 Å². The van der Waals surface area contributed by atoms with E-state index < -0.39 is 5.97 Å². The Morgan fingerprint density at radius 2 is 2.00 bits per heavy atom. The quantitative estimate of drug-likeness (QED) is 0.487. The summed E-state index contributed by atoms with van der Waals surface area (Å²) < 4.78 is 4.41. The molecule has 0 aliphatic rings. The molecule has 0 heterocycles. The van der Waals surface area contributed by atoms with Gasteiger partial charge in [-0.25, -0.2) is 4.79 Å². The van der Waals surface area contributed by atoms with Crippen LogP contribution in [0.5, 0.6) is 0 Å². The highest BCUT2D eigenvalue weighted by molar-refractivity contribution is 5.88. The molecule has 68 valence electrons. The SMILES string of the molecule is C=C(CCC(=O)NC)C(=O)OC. The fraction of sp³-hybridized carbons (Fsp3) is 0.500. The molecule has 0 saturated heterocycles. The highest BCUT2D eigenvalue weighted by atomic mass is 16.5. The molecule has 0 aromatic carbocycles. The lowest BCUT2D eigenvalue weighted by atomic mass is 10.1. The molecule has 1 N–H and O–H groups in total. The van der Waals surface area contributed by atoms with Gasteiger partial charge in [-0.15, -0.1) is 0 Å². The average molecular weight is 171 g/mol. The van der Waals surface area contributed by atoms with Gasteiger partial charge in [0.25, 0.3) is 0 Å². The molecule has 0 unspecified atom stereocenters. The summed E-state index contributed by atoms with van der Waals surface area (Å²) in [6.45, 7) is 3.48. The van der Waals surface area contributed by atoms with Crippen LogP contribution < -0.4 is 5.32 Å².